The lowest BCUT2D eigenvalue weighted by atomic mass is 9.91. The van der Waals surface area contributed by atoms with Crippen LogP contribution in [-0.4, -0.2) is 33.1 Å². The third-order valence-corrected chi connectivity index (χ3v) is 5.82. The van der Waals surface area contributed by atoms with E-state index < -0.39 is 0 Å². The van der Waals surface area contributed by atoms with Crippen LogP contribution >= 0.6 is 0 Å². The van der Waals surface area contributed by atoms with Gasteiger partial charge in [-0.1, -0.05) is 54.6 Å². The van der Waals surface area contributed by atoms with Gasteiger partial charge >= 0.3 is 0 Å². The summed E-state index contributed by atoms with van der Waals surface area (Å²) >= 11 is 0. The number of aromatic nitrogens is 4. The van der Waals surface area contributed by atoms with Crippen LogP contribution in [0.2, 0.25) is 0 Å². The Bertz CT molecular complexity index is 1390. The number of ketones is 1. The van der Waals surface area contributed by atoms with E-state index in [2.05, 4.69) is 37.6 Å². The monoisotopic (exact) mass is 437 g/mol. The molecule has 0 saturated carbocycles. The summed E-state index contributed by atoms with van der Waals surface area (Å²) in [6.07, 6.45) is 8.05. The Hall–Kier alpha value is -4.26. The molecule has 1 unspecified atom stereocenters. The van der Waals surface area contributed by atoms with Gasteiger partial charge < -0.3 is 10.1 Å². The van der Waals surface area contributed by atoms with Crippen molar-refractivity contribution in [3.8, 4) is 16.9 Å². The van der Waals surface area contributed by atoms with Crippen molar-refractivity contribution in [3.05, 3.63) is 84.4 Å². The molecule has 0 amide bonds. The summed E-state index contributed by atoms with van der Waals surface area (Å²) in [5.41, 5.74) is 5.18. The highest BCUT2D eigenvalue weighted by molar-refractivity contribution is 5.96. The first-order valence-corrected chi connectivity index (χ1v) is 10.7. The number of ether oxygens (including phenoxy) is 1. The number of Topliss-reactive ketones (excluding diaryl/α,β-unsaturated/α-hetero) is 1. The lowest BCUT2D eigenvalue weighted by molar-refractivity contribution is -0.113. The van der Waals surface area contributed by atoms with Gasteiger partial charge in [0.1, 0.15) is 17.9 Å². The Balaban J connectivity index is 1.54. The van der Waals surface area contributed by atoms with Gasteiger partial charge in [-0.15, -0.1) is 0 Å². The summed E-state index contributed by atoms with van der Waals surface area (Å²) in [6, 6.07) is 16.2. The number of H-pyrrole nitrogens is 1. The highest BCUT2D eigenvalue weighted by Crippen LogP contribution is 2.37. The number of hydrogen-bond donors (Lipinski definition) is 2. The largest absolute Gasteiger partial charge is 0.495 e. The summed E-state index contributed by atoms with van der Waals surface area (Å²) in [6.45, 7) is 1.58. The molecule has 7 heteroatoms. The van der Waals surface area contributed by atoms with Gasteiger partial charge in [0.25, 0.3) is 0 Å². The van der Waals surface area contributed by atoms with E-state index in [0.29, 0.717) is 23.6 Å². The lowest BCUT2D eigenvalue weighted by Gasteiger charge is -2.16. The third kappa shape index (κ3) is 4.01. The molecule has 1 aliphatic carbocycles. The van der Waals surface area contributed by atoms with Crippen molar-refractivity contribution in [2.24, 2.45) is 0 Å². The number of allylic oxidation sites excluding steroid dienone is 4. The van der Waals surface area contributed by atoms with Crippen LogP contribution in [0.25, 0.3) is 22.2 Å². The number of carbonyl (C=O) groups excluding carboxylic acids is 1. The van der Waals surface area contributed by atoms with E-state index in [1.165, 1.54) is 6.33 Å². The summed E-state index contributed by atoms with van der Waals surface area (Å²) in [4.78, 5) is 20.5. The number of rotatable bonds is 6. The SMILES string of the molecule is COc1ccc(-c2ccccc2)cc1Nc1ncnc2n[nH]c(C3C=CC(C(C)=O)=CC3)c12. The standard InChI is InChI=1S/C26H23N5O2/c1-16(32)17-8-10-19(11-9-17)24-23-25(27-15-28-26(23)31-30-24)29-21-14-20(12-13-22(21)33-2)18-6-4-3-5-7-18/h3-10,12-15,19H,11H2,1-2H3,(H2,27,28,29,30,31). The first kappa shape index (κ1) is 20.6. The molecule has 0 saturated heterocycles. The fraction of sp³-hybridized carbons (Fsp3) is 0.154. The topological polar surface area (TPSA) is 92.8 Å². The zero-order chi connectivity index (χ0) is 22.8. The molecule has 0 spiro atoms. The van der Waals surface area contributed by atoms with Crippen LogP contribution in [0.5, 0.6) is 5.75 Å². The normalized spacial score (nSPS) is 15.3. The average molecular weight is 438 g/mol. The molecule has 1 atom stereocenters. The molecule has 2 aromatic heterocycles. The predicted molar refractivity (Wildman–Crippen MR) is 129 cm³/mol. The Labute approximate surface area is 191 Å². The molecule has 2 N–H and O–H groups in total. The maximum atomic E-state index is 11.7. The fourth-order valence-corrected chi connectivity index (χ4v) is 4.08. The molecular formula is C26H23N5O2. The first-order chi connectivity index (χ1) is 16.1. The quantitative estimate of drug-likeness (QED) is 0.423. The second-order valence-corrected chi connectivity index (χ2v) is 7.88. The number of methoxy groups -OCH3 is 1. The van der Waals surface area contributed by atoms with Gasteiger partial charge in [-0.05, 0) is 36.6 Å². The molecule has 2 heterocycles. The van der Waals surface area contributed by atoms with E-state index in [-0.39, 0.29) is 11.7 Å². The highest BCUT2D eigenvalue weighted by atomic mass is 16.5. The van der Waals surface area contributed by atoms with Crippen LogP contribution in [0.4, 0.5) is 11.5 Å². The molecule has 7 nitrogen and oxygen atoms in total. The molecule has 0 fully saturated rings. The molecule has 1 aliphatic rings. The van der Waals surface area contributed by atoms with E-state index >= 15 is 0 Å². The van der Waals surface area contributed by atoms with Crippen molar-refractivity contribution in [1.82, 2.24) is 20.2 Å². The molecule has 0 radical (unpaired) electrons. The number of hydrogen-bond acceptors (Lipinski definition) is 6. The van der Waals surface area contributed by atoms with Crippen molar-refractivity contribution < 1.29 is 9.53 Å². The van der Waals surface area contributed by atoms with Gasteiger partial charge in [-0.2, -0.15) is 5.10 Å². The first-order valence-electron chi connectivity index (χ1n) is 10.7. The average Bonchev–Trinajstić information content (AvgIpc) is 3.30. The van der Waals surface area contributed by atoms with Crippen LogP contribution in [0.15, 0.2) is 78.7 Å². The number of carbonyl (C=O) groups is 1. The summed E-state index contributed by atoms with van der Waals surface area (Å²) in [7, 11) is 1.65. The summed E-state index contributed by atoms with van der Waals surface area (Å²) in [5.74, 6) is 1.46. The van der Waals surface area contributed by atoms with Crippen molar-refractivity contribution in [1.29, 1.82) is 0 Å². The Kier molecular flexibility index (Phi) is 5.44. The van der Waals surface area contributed by atoms with E-state index in [1.54, 1.807) is 14.0 Å². The van der Waals surface area contributed by atoms with E-state index in [0.717, 1.165) is 33.5 Å². The number of fused-ring (bicyclic) bond motifs is 1. The van der Waals surface area contributed by atoms with Gasteiger partial charge in [0.15, 0.2) is 11.4 Å². The molecular weight excluding hydrogens is 414 g/mol. The zero-order valence-corrected chi connectivity index (χ0v) is 18.4. The minimum atomic E-state index is 0.0437. The zero-order valence-electron chi connectivity index (χ0n) is 18.4. The van der Waals surface area contributed by atoms with E-state index in [9.17, 15) is 4.79 Å². The van der Waals surface area contributed by atoms with Crippen LogP contribution in [0.1, 0.15) is 25.0 Å². The number of nitrogens with zero attached hydrogens (tertiary/aromatic N) is 3. The summed E-state index contributed by atoms with van der Waals surface area (Å²) in [5, 5.41) is 11.8. The van der Waals surface area contributed by atoms with Crippen molar-refractivity contribution in [3.63, 3.8) is 0 Å². The number of aromatic amines is 1. The smallest absolute Gasteiger partial charge is 0.186 e. The Morgan fingerprint density at radius 2 is 1.97 bits per heavy atom. The number of anilines is 2. The van der Waals surface area contributed by atoms with Gasteiger partial charge in [0.2, 0.25) is 0 Å². The van der Waals surface area contributed by atoms with Crippen LogP contribution in [0.3, 0.4) is 0 Å². The maximum Gasteiger partial charge on any atom is 0.186 e. The molecule has 0 aliphatic heterocycles. The predicted octanol–water partition coefficient (Wildman–Crippen LogP) is 5.33. The number of nitrogens with one attached hydrogen (secondary N) is 2. The van der Waals surface area contributed by atoms with Crippen molar-refractivity contribution in [2.75, 3.05) is 12.4 Å². The van der Waals surface area contributed by atoms with Crippen LogP contribution in [0, 0.1) is 0 Å². The fourth-order valence-electron chi connectivity index (χ4n) is 4.08. The molecule has 4 aromatic rings. The van der Waals surface area contributed by atoms with Gasteiger partial charge in [-0.3, -0.25) is 9.89 Å². The van der Waals surface area contributed by atoms with Crippen molar-refractivity contribution >= 4 is 28.3 Å². The highest BCUT2D eigenvalue weighted by Gasteiger charge is 2.21. The van der Waals surface area contributed by atoms with Crippen LogP contribution in [-0.2, 0) is 4.79 Å². The molecule has 2 aromatic carbocycles. The molecule has 164 valence electrons. The van der Waals surface area contributed by atoms with Gasteiger partial charge in [0.05, 0.1) is 23.9 Å². The third-order valence-electron chi connectivity index (χ3n) is 5.82. The Morgan fingerprint density at radius 1 is 1.12 bits per heavy atom. The van der Waals surface area contributed by atoms with Crippen molar-refractivity contribution in [2.45, 2.75) is 19.3 Å². The number of benzene rings is 2. The maximum absolute atomic E-state index is 11.7. The molecule has 0 bridgehead atoms. The Morgan fingerprint density at radius 3 is 2.70 bits per heavy atom. The minimum absolute atomic E-state index is 0.0437. The van der Waals surface area contributed by atoms with Crippen LogP contribution < -0.4 is 10.1 Å². The second-order valence-electron chi connectivity index (χ2n) is 7.88. The molecule has 5 rings (SSSR count). The van der Waals surface area contributed by atoms with E-state index in [4.69, 9.17) is 4.74 Å². The van der Waals surface area contributed by atoms with Gasteiger partial charge in [0, 0.05) is 11.5 Å². The van der Waals surface area contributed by atoms with Gasteiger partial charge in [-0.25, -0.2) is 9.97 Å². The lowest BCUT2D eigenvalue weighted by Crippen LogP contribution is -2.05. The molecule has 33 heavy (non-hydrogen) atoms. The summed E-state index contributed by atoms with van der Waals surface area (Å²) < 4.78 is 5.60. The second kappa shape index (κ2) is 8.70. The van der Waals surface area contributed by atoms with E-state index in [1.807, 2.05) is 54.6 Å². The minimum Gasteiger partial charge on any atom is -0.495 e.